The number of likely N-dealkylation sites (tertiary alicyclic amines) is 1. The average Bonchev–Trinajstić information content (AvgIpc) is 2.48. The van der Waals surface area contributed by atoms with E-state index in [2.05, 4.69) is 10.3 Å². The molecule has 1 unspecified atom stereocenters. The van der Waals surface area contributed by atoms with E-state index in [0.717, 1.165) is 10.6 Å². The number of likely N-dealkylation sites (N-methyl/N-ethyl adjacent to an activating group) is 1. The molecule has 1 aliphatic heterocycles. The molecular formula is C10H11N3O2. The van der Waals surface area contributed by atoms with E-state index in [1.807, 2.05) is 0 Å². The molecule has 0 bridgehead atoms. The molecule has 2 heterocycles. The first-order valence-corrected chi connectivity index (χ1v) is 4.65. The molecule has 1 aromatic rings. The molecule has 2 rings (SSSR count). The van der Waals surface area contributed by atoms with E-state index in [0.29, 0.717) is 0 Å². The van der Waals surface area contributed by atoms with Crippen molar-refractivity contribution in [2.24, 2.45) is 0 Å². The van der Waals surface area contributed by atoms with E-state index in [1.54, 1.807) is 24.5 Å². The lowest BCUT2D eigenvalue weighted by Gasteiger charge is -2.11. The number of anilines is 1. The molecule has 0 aliphatic carbocycles. The van der Waals surface area contributed by atoms with Gasteiger partial charge in [0.25, 0.3) is 5.91 Å². The van der Waals surface area contributed by atoms with Crippen molar-refractivity contribution in [1.82, 2.24) is 9.88 Å². The van der Waals surface area contributed by atoms with Gasteiger partial charge in [-0.05, 0) is 12.1 Å². The first-order valence-electron chi connectivity index (χ1n) is 4.65. The number of amides is 2. The highest BCUT2D eigenvalue weighted by Crippen LogP contribution is 2.15. The Kier molecular flexibility index (Phi) is 2.37. The van der Waals surface area contributed by atoms with Crippen LogP contribution in [0.1, 0.15) is 6.42 Å². The molecule has 5 nitrogen and oxygen atoms in total. The minimum atomic E-state index is -0.440. The molecule has 78 valence electrons. The molecule has 1 aliphatic rings. The Bertz CT molecular complexity index is 391. The van der Waals surface area contributed by atoms with E-state index in [1.165, 1.54) is 7.05 Å². The monoisotopic (exact) mass is 205 g/mol. The van der Waals surface area contributed by atoms with Crippen LogP contribution in [0.25, 0.3) is 0 Å². The van der Waals surface area contributed by atoms with Gasteiger partial charge in [-0.25, -0.2) is 0 Å². The smallest absolute Gasteiger partial charge is 0.251 e. The van der Waals surface area contributed by atoms with Gasteiger partial charge in [0.2, 0.25) is 5.91 Å². The molecule has 1 aromatic heterocycles. The van der Waals surface area contributed by atoms with Crippen molar-refractivity contribution in [3.63, 3.8) is 0 Å². The predicted molar refractivity (Wildman–Crippen MR) is 54.0 cm³/mol. The number of hydrogen-bond donors (Lipinski definition) is 1. The zero-order chi connectivity index (χ0) is 10.8. The Morgan fingerprint density at radius 3 is 2.60 bits per heavy atom. The Hall–Kier alpha value is -1.91. The lowest BCUT2D eigenvalue weighted by atomic mass is 10.2. The summed E-state index contributed by atoms with van der Waals surface area (Å²) in [6.45, 7) is 0. The van der Waals surface area contributed by atoms with Crippen LogP contribution in [0.3, 0.4) is 0 Å². The van der Waals surface area contributed by atoms with Crippen LogP contribution in [0.2, 0.25) is 0 Å². The largest absolute Gasteiger partial charge is 0.373 e. The molecular weight excluding hydrogens is 194 g/mol. The number of carbonyl (C=O) groups is 2. The fourth-order valence-electron chi connectivity index (χ4n) is 1.52. The molecule has 0 saturated carbocycles. The van der Waals surface area contributed by atoms with Crippen LogP contribution >= 0.6 is 0 Å². The number of hydrogen-bond acceptors (Lipinski definition) is 4. The third kappa shape index (κ3) is 1.81. The van der Waals surface area contributed by atoms with E-state index < -0.39 is 6.04 Å². The number of nitrogens with zero attached hydrogens (tertiary/aromatic N) is 2. The van der Waals surface area contributed by atoms with Crippen molar-refractivity contribution >= 4 is 17.5 Å². The lowest BCUT2D eigenvalue weighted by molar-refractivity contribution is -0.136. The summed E-state index contributed by atoms with van der Waals surface area (Å²) in [5.41, 5.74) is 0.798. The van der Waals surface area contributed by atoms with Crippen molar-refractivity contribution in [3.8, 4) is 0 Å². The quantitative estimate of drug-likeness (QED) is 0.703. The summed E-state index contributed by atoms with van der Waals surface area (Å²) in [6, 6.07) is 3.08. The number of imide groups is 1. The third-order valence-corrected chi connectivity index (χ3v) is 2.40. The third-order valence-electron chi connectivity index (χ3n) is 2.40. The standard InChI is InChI=1S/C10H11N3O2/c1-13-9(14)6-8(10(13)15)12-7-2-4-11-5-3-7/h2-5,8H,6H2,1H3,(H,11,12). The maximum absolute atomic E-state index is 11.5. The number of carbonyl (C=O) groups excluding carboxylic acids is 2. The second kappa shape index (κ2) is 3.68. The molecule has 1 atom stereocenters. The Morgan fingerprint density at radius 1 is 1.40 bits per heavy atom. The Balaban J connectivity index is 2.09. The highest BCUT2D eigenvalue weighted by molar-refractivity contribution is 6.06. The molecule has 0 spiro atoms. The number of nitrogens with one attached hydrogen (secondary N) is 1. The van der Waals surface area contributed by atoms with E-state index in [9.17, 15) is 9.59 Å². The van der Waals surface area contributed by atoms with E-state index in [4.69, 9.17) is 0 Å². The van der Waals surface area contributed by atoms with E-state index in [-0.39, 0.29) is 18.2 Å². The molecule has 0 aromatic carbocycles. The summed E-state index contributed by atoms with van der Waals surface area (Å²) in [5, 5.41) is 3.00. The minimum absolute atomic E-state index is 0.147. The second-order valence-corrected chi connectivity index (χ2v) is 3.43. The van der Waals surface area contributed by atoms with Crippen LogP contribution in [0, 0.1) is 0 Å². The van der Waals surface area contributed by atoms with Gasteiger partial charge < -0.3 is 5.32 Å². The van der Waals surface area contributed by atoms with Crippen molar-refractivity contribution in [1.29, 1.82) is 0 Å². The van der Waals surface area contributed by atoms with Crippen molar-refractivity contribution in [3.05, 3.63) is 24.5 Å². The van der Waals surface area contributed by atoms with Gasteiger partial charge in [-0.3, -0.25) is 19.5 Å². The van der Waals surface area contributed by atoms with Gasteiger partial charge in [0.15, 0.2) is 0 Å². The maximum Gasteiger partial charge on any atom is 0.251 e. The number of aromatic nitrogens is 1. The average molecular weight is 205 g/mol. The first-order chi connectivity index (χ1) is 7.18. The number of rotatable bonds is 2. The van der Waals surface area contributed by atoms with Crippen LogP contribution in [0.4, 0.5) is 5.69 Å². The molecule has 15 heavy (non-hydrogen) atoms. The van der Waals surface area contributed by atoms with Gasteiger partial charge in [-0.15, -0.1) is 0 Å². The van der Waals surface area contributed by atoms with Gasteiger partial charge in [0, 0.05) is 25.1 Å². The normalized spacial score (nSPS) is 20.9. The molecule has 1 fully saturated rings. The molecule has 5 heteroatoms. The summed E-state index contributed by atoms with van der Waals surface area (Å²) >= 11 is 0. The van der Waals surface area contributed by atoms with Crippen LogP contribution in [-0.2, 0) is 9.59 Å². The maximum atomic E-state index is 11.5. The topological polar surface area (TPSA) is 62.3 Å². The SMILES string of the molecule is CN1C(=O)CC(Nc2ccncc2)C1=O. The predicted octanol–water partition coefficient (Wildman–Crippen LogP) is 0.251. The fraction of sp³-hybridized carbons (Fsp3) is 0.300. The zero-order valence-corrected chi connectivity index (χ0v) is 8.30. The summed E-state index contributed by atoms with van der Waals surface area (Å²) in [5.74, 6) is -0.330. The van der Waals surface area contributed by atoms with Crippen LogP contribution in [0.5, 0.6) is 0 Å². The summed E-state index contributed by atoms with van der Waals surface area (Å²) < 4.78 is 0. The summed E-state index contributed by atoms with van der Waals surface area (Å²) in [7, 11) is 1.50. The lowest BCUT2D eigenvalue weighted by Crippen LogP contribution is -2.31. The molecule has 2 amide bonds. The Labute approximate surface area is 87.1 Å². The van der Waals surface area contributed by atoms with Crippen LogP contribution in [-0.4, -0.2) is 34.8 Å². The molecule has 1 N–H and O–H groups in total. The minimum Gasteiger partial charge on any atom is -0.373 e. The van der Waals surface area contributed by atoms with Crippen molar-refractivity contribution in [2.75, 3.05) is 12.4 Å². The summed E-state index contributed by atoms with van der Waals surface area (Å²) in [6.07, 6.45) is 3.48. The second-order valence-electron chi connectivity index (χ2n) is 3.43. The van der Waals surface area contributed by atoms with Crippen LogP contribution < -0.4 is 5.32 Å². The van der Waals surface area contributed by atoms with Gasteiger partial charge >= 0.3 is 0 Å². The van der Waals surface area contributed by atoms with Gasteiger partial charge in [-0.1, -0.05) is 0 Å². The van der Waals surface area contributed by atoms with Gasteiger partial charge in [0.1, 0.15) is 6.04 Å². The summed E-state index contributed by atoms with van der Waals surface area (Å²) in [4.78, 5) is 27.8. The van der Waals surface area contributed by atoms with Gasteiger partial charge in [-0.2, -0.15) is 0 Å². The number of pyridine rings is 1. The highest BCUT2D eigenvalue weighted by atomic mass is 16.2. The van der Waals surface area contributed by atoms with Crippen LogP contribution in [0.15, 0.2) is 24.5 Å². The molecule has 0 radical (unpaired) electrons. The fourth-order valence-corrected chi connectivity index (χ4v) is 1.52. The van der Waals surface area contributed by atoms with E-state index >= 15 is 0 Å². The highest BCUT2D eigenvalue weighted by Gasteiger charge is 2.35. The van der Waals surface area contributed by atoms with Crippen molar-refractivity contribution < 1.29 is 9.59 Å². The first kappa shape index (κ1) is 9.64. The van der Waals surface area contributed by atoms with Crippen molar-refractivity contribution in [2.45, 2.75) is 12.5 Å². The molecule has 1 saturated heterocycles. The zero-order valence-electron chi connectivity index (χ0n) is 8.30. The Morgan fingerprint density at radius 2 is 2.07 bits per heavy atom. The van der Waals surface area contributed by atoms with Gasteiger partial charge in [0.05, 0.1) is 6.42 Å².